The van der Waals surface area contributed by atoms with Gasteiger partial charge >= 0.3 is 11.9 Å². The Bertz CT molecular complexity index is 912. The summed E-state index contributed by atoms with van der Waals surface area (Å²) in [5, 5.41) is 1.69. The Morgan fingerprint density at radius 1 is 1.17 bits per heavy atom. The summed E-state index contributed by atoms with van der Waals surface area (Å²) in [6.07, 6.45) is 0. The van der Waals surface area contributed by atoms with Crippen molar-refractivity contribution < 1.29 is 18.3 Å². The lowest BCUT2D eigenvalue weighted by Gasteiger charge is -2.17. The maximum Gasteiger partial charge on any atom is 0.385 e. The molecule has 3 nitrogen and oxygen atoms in total. The highest BCUT2D eigenvalue weighted by Crippen LogP contribution is 2.37. The largest absolute Gasteiger partial charge is 0.461 e. The normalized spacial score (nSPS) is 11.8. The van der Waals surface area contributed by atoms with Crippen LogP contribution in [0.2, 0.25) is 5.02 Å². The van der Waals surface area contributed by atoms with Gasteiger partial charge in [-0.25, -0.2) is 9.78 Å². The molecule has 0 saturated carbocycles. The fourth-order valence-corrected chi connectivity index (χ4v) is 2.66. The standard InChI is InChI=1S/C17H12ClF2NO2/c1-2-23-16(22)17(19,20)15-13-9-10(18)7-8-11(13)12-5-3-4-6-14(12)21-15/h3-9H,2H2,1H3. The zero-order valence-corrected chi connectivity index (χ0v) is 12.9. The molecule has 0 N–H and O–H groups in total. The summed E-state index contributed by atoms with van der Waals surface area (Å²) >= 11 is 5.94. The van der Waals surface area contributed by atoms with Crippen LogP contribution in [0.4, 0.5) is 8.78 Å². The molecule has 0 aliphatic heterocycles. The first-order chi connectivity index (χ1) is 10.9. The highest BCUT2D eigenvalue weighted by Gasteiger charge is 2.45. The van der Waals surface area contributed by atoms with Gasteiger partial charge in [0.25, 0.3) is 0 Å². The maximum atomic E-state index is 14.5. The fraction of sp³-hybridized carbons (Fsp3) is 0.176. The molecule has 0 radical (unpaired) electrons. The molecule has 2 aromatic carbocycles. The molecule has 3 aromatic rings. The summed E-state index contributed by atoms with van der Waals surface area (Å²) in [4.78, 5) is 15.7. The number of ether oxygens (including phenoxy) is 1. The molecule has 0 aliphatic carbocycles. The summed E-state index contributed by atoms with van der Waals surface area (Å²) < 4.78 is 33.6. The third-order valence-electron chi connectivity index (χ3n) is 3.49. The number of alkyl halides is 2. The van der Waals surface area contributed by atoms with E-state index in [0.717, 1.165) is 0 Å². The zero-order chi connectivity index (χ0) is 16.6. The van der Waals surface area contributed by atoms with Crippen LogP contribution in [0.1, 0.15) is 12.6 Å². The van der Waals surface area contributed by atoms with Gasteiger partial charge in [0.2, 0.25) is 0 Å². The minimum atomic E-state index is -3.86. The number of benzene rings is 2. The summed E-state index contributed by atoms with van der Waals surface area (Å²) in [5.41, 5.74) is -0.270. The molecule has 1 heterocycles. The molecule has 1 aromatic heterocycles. The Balaban J connectivity index is 2.38. The molecule has 0 saturated heterocycles. The van der Waals surface area contributed by atoms with E-state index >= 15 is 0 Å². The van der Waals surface area contributed by atoms with Crippen LogP contribution in [0, 0.1) is 0 Å². The van der Waals surface area contributed by atoms with Gasteiger partial charge in [-0.2, -0.15) is 8.78 Å². The molecule has 0 bridgehead atoms. The van der Waals surface area contributed by atoms with Gasteiger partial charge in [-0.05, 0) is 30.5 Å². The molecular formula is C17H12ClF2NO2. The number of halogens is 3. The number of carbonyl (C=O) groups excluding carboxylic acids is 1. The van der Waals surface area contributed by atoms with Gasteiger partial charge in [-0.3, -0.25) is 0 Å². The third kappa shape index (κ3) is 2.61. The SMILES string of the molecule is CCOC(=O)C(F)(F)c1nc2ccccc2c2ccc(Cl)cc12. The average Bonchev–Trinajstić information content (AvgIpc) is 2.54. The second-order valence-electron chi connectivity index (χ2n) is 4.96. The van der Waals surface area contributed by atoms with E-state index in [1.807, 2.05) is 0 Å². The molecule has 6 heteroatoms. The van der Waals surface area contributed by atoms with Crippen molar-refractivity contribution in [2.45, 2.75) is 12.8 Å². The van der Waals surface area contributed by atoms with Crippen molar-refractivity contribution in [3.63, 3.8) is 0 Å². The first kappa shape index (κ1) is 15.6. The Labute approximate surface area is 135 Å². The summed E-state index contributed by atoms with van der Waals surface area (Å²) in [7, 11) is 0. The number of carbonyl (C=O) groups is 1. The van der Waals surface area contributed by atoms with Crippen LogP contribution in [-0.4, -0.2) is 17.6 Å². The number of pyridine rings is 1. The van der Waals surface area contributed by atoms with E-state index in [4.69, 9.17) is 11.6 Å². The van der Waals surface area contributed by atoms with Crippen molar-refractivity contribution >= 4 is 39.2 Å². The molecule has 0 spiro atoms. The van der Waals surface area contributed by atoms with Crippen LogP contribution in [-0.2, 0) is 15.5 Å². The van der Waals surface area contributed by atoms with Crippen LogP contribution in [0.15, 0.2) is 42.5 Å². The van der Waals surface area contributed by atoms with E-state index in [9.17, 15) is 13.6 Å². The fourth-order valence-electron chi connectivity index (χ4n) is 2.48. The van der Waals surface area contributed by atoms with E-state index in [1.54, 1.807) is 36.4 Å². The Kier molecular flexibility index (Phi) is 3.90. The number of hydrogen-bond donors (Lipinski definition) is 0. The number of aromatic nitrogens is 1. The van der Waals surface area contributed by atoms with Crippen molar-refractivity contribution in [1.82, 2.24) is 4.98 Å². The van der Waals surface area contributed by atoms with E-state index in [0.29, 0.717) is 16.3 Å². The predicted octanol–water partition coefficient (Wildman–Crippen LogP) is 4.70. The van der Waals surface area contributed by atoms with Gasteiger partial charge in [-0.15, -0.1) is 0 Å². The van der Waals surface area contributed by atoms with E-state index in [-0.39, 0.29) is 17.0 Å². The number of rotatable bonds is 3. The van der Waals surface area contributed by atoms with Crippen molar-refractivity contribution in [3.05, 3.63) is 53.2 Å². The van der Waals surface area contributed by atoms with Gasteiger partial charge < -0.3 is 4.74 Å². The lowest BCUT2D eigenvalue weighted by molar-refractivity contribution is -0.173. The second-order valence-corrected chi connectivity index (χ2v) is 5.40. The van der Waals surface area contributed by atoms with Gasteiger partial charge in [-0.1, -0.05) is 35.9 Å². The number of esters is 1. The monoisotopic (exact) mass is 335 g/mol. The first-order valence-corrected chi connectivity index (χ1v) is 7.36. The van der Waals surface area contributed by atoms with Crippen molar-refractivity contribution in [2.24, 2.45) is 0 Å². The summed E-state index contributed by atoms with van der Waals surface area (Å²) in [6, 6.07) is 11.5. The second kappa shape index (κ2) is 5.74. The van der Waals surface area contributed by atoms with Crippen molar-refractivity contribution in [1.29, 1.82) is 0 Å². The lowest BCUT2D eigenvalue weighted by Crippen LogP contribution is -2.29. The molecule has 118 valence electrons. The summed E-state index contributed by atoms with van der Waals surface area (Å²) in [5.74, 6) is -5.48. The van der Waals surface area contributed by atoms with Crippen LogP contribution in [0.5, 0.6) is 0 Å². The predicted molar refractivity (Wildman–Crippen MR) is 84.8 cm³/mol. The molecule has 3 rings (SSSR count). The minimum Gasteiger partial charge on any atom is -0.461 e. The molecule has 0 unspecified atom stereocenters. The number of nitrogens with zero attached hydrogens (tertiary/aromatic N) is 1. The Hall–Kier alpha value is -2.27. The minimum absolute atomic E-state index is 0.134. The molecule has 0 aliphatic rings. The number of fused-ring (bicyclic) bond motifs is 3. The van der Waals surface area contributed by atoms with E-state index < -0.39 is 17.6 Å². The Morgan fingerprint density at radius 3 is 2.65 bits per heavy atom. The highest BCUT2D eigenvalue weighted by molar-refractivity contribution is 6.31. The van der Waals surface area contributed by atoms with Gasteiger partial charge in [0.15, 0.2) is 0 Å². The molecule has 23 heavy (non-hydrogen) atoms. The van der Waals surface area contributed by atoms with Crippen LogP contribution in [0.25, 0.3) is 21.7 Å². The smallest absolute Gasteiger partial charge is 0.385 e. The number of para-hydroxylation sites is 1. The van der Waals surface area contributed by atoms with E-state index in [1.165, 1.54) is 13.0 Å². The van der Waals surface area contributed by atoms with Crippen molar-refractivity contribution in [2.75, 3.05) is 6.61 Å². The van der Waals surface area contributed by atoms with Crippen LogP contribution >= 0.6 is 11.6 Å². The van der Waals surface area contributed by atoms with Gasteiger partial charge in [0, 0.05) is 15.8 Å². The van der Waals surface area contributed by atoms with Crippen LogP contribution < -0.4 is 0 Å². The van der Waals surface area contributed by atoms with Crippen molar-refractivity contribution in [3.8, 4) is 0 Å². The molecule has 0 fully saturated rings. The van der Waals surface area contributed by atoms with Crippen LogP contribution in [0.3, 0.4) is 0 Å². The molecular weight excluding hydrogens is 324 g/mol. The third-order valence-corrected chi connectivity index (χ3v) is 3.73. The van der Waals surface area contributed by atoms with E-state index in [2.05, 4.69) is 9.72 Å². The topological polar surface area (TPSA) is 39.2 Å². The number of hydrogen-bond acceptors (Lipinski definition) is 3. The molecule has 0 atom stereocenters. The van der Waals surface area contributed by atoms with Gasteiger partial charge in [0.1, 0.15) is 5.69 Å². The van der Waals surface area contributed by atoms with Gasteiger partial charge in [0.05, 0.1) is 12.1 Å². The quantitative estimate of drug-likeness (QED) is 0.514. The summed E-state index contributed by atoms with van der Waals surface area (Å²) in [6.45, 7) is 1.33. The lowest BCUT2D eigenvalue weighted by atomic mass is 10.0. The first-order valence-electron chi connectivity index (χ1n) is 6.98. The maximum absolute atomic E-state index is 14.5. The molecule has 0 amide bonds. The highest BCUT2D eigenvalue weighted by atomic mass is 35.5. The zero-order valence-electron chi connectivity index (χ0n) is 12.1. The Morgan fingerprint density at radius 2 is 1.91 bits per heavy atom. The average molecular weight is 336 g/mol.